The number of anilines is 1. The highest BCUT2D eigenvalue weighted by atomic mass is 19.3. The minimum absolute atomic E-state index is 0.0903. The maximum atomic E-state index is 12.8. The highest BCUT2D eigenvalue weighted by molar-refractivity contribution is 6.02. The number of aromatic nitrogens is 2. The highest BCUT2D eigenvalue weighted by Crippen LogP contribution is 2.42. The van der Waals surface area contributed by atoms with Crippen molar-refractivity contribution in [2.24, 2.45) is 0 Å². The molecule has 0 atom stereocenters. The summed E-state index contributed by atoms with van der Waals surface area (Å²) in [6.45, 7) is 0. The van der Waals surface area contributed by atoms with Gasteiger partial charge in [-0.05, 0) is 12.1 Å². The second kappa shape index (κ2) is 4.41. The van der Waals surface area contributed by atoms with Gasteiger partial charge in [0.25, 0.3) is 5.91 Å². The summed E-state index contributed by atoms with van der Waals surface area (Å²) < 4.78 is 34.2. The van der Waals surface area contributed by atoms with Crippen molar-refractivity contribution in [1.82, 2.24) is 9.97 Å². The van der Waals surface area contributed by atoms with E-state index in [0.29, 0.717) is 0 Å². The number of hydrogen-bond donors (Lipinski definition) is 1. The molecule has 0 saturated carbocycles. The quantitative estimate of drug-likeness (QED) is 0.910. The Labute approximate surface area is 111 Å². The summed E-state index contributed by atoms with van der Waals surface area (Å²) >= 11 is 0. The van der Waals surface area contributed by atoms with E-state index < -0.39 is 12.2 Å². The SMILES string of the molecule is O=C(Nc1ccc2c(c1)OC(F)(F)O2)c1cnccn1. The molecule has 102 valence electrons. The molecular formula is C12H7F2N3O3. The van der Waals surface area contributed by atoms with Crippen LogP contribution in [0.3, 0.4) is 0 Å². The fourth-order valence-corrected chi connectivity index (χ4v) is 1.64. The van der Waals surface area contributed by atoms with Crippen molar-refractivity contribution < 1.29 is 23.0 Å². The van der Waals surface area contributed by atoms with Gasteiger partial charge in [0.2, 0.25) is 0 Å². The molecule has 2 aromatic rings. The number of fused-ring (bicyclic) bond motifs is 1. The van der Waals surface area contributed by atoms with E-state index in [1.807, 2.05) is 0 Å². The number of carbonyl (C=O) groups is 1. The zero-order valence-corrected chi connectivity index (χ0v) is 9.84. The first-order valence-electron chi connectivity index (χ1n) is 5.51. The summed E-state index contributed by atoms with van der Waals surface area (Å²) in [6.07, 6.45) is 0.404. The van der Waals surface area contributed by atoms with E-state index in [2.05, 4.69) is 24.8 Å². The number of nitrogens with one attached hydrogen (secondary N) is 1. The Morgan fingerprint density at radius 2 is 2.00 bits per heavy atom. The van der Waals surface area contributed by atoms with Gasteiger partial charge in [0.1, 0.15) is 5.69 Å². The van der Waals surface area contributed by atoms with Crippen LogP contribution in [0, 0.1) is 0 Å². The standard InChI is InChI=1S/C12H7F2N3O3/c13-12(14)19-9-2-1-7(5-10(9)20-12)17-11(18)8-6-15-3-4-16-8/h1-6H,(H,17,18). The first-order chi connectivity index (χ1) is 9.53. The Morgan fingerprint density at radius 1 is 1.20 bits per heavy atom. The average molecular weight is 279 g/mol. The summed E-state index contributed by atoms with van der Waals surface area (Å²) in [5, 5.41) is 2.49. The van der Waals surface area contributed by atoms with Crippen molar-refractivity contribution in [3.05, 3.63) is 42.5 Å². The number of nitrogens with zero attached hydrogens (tertiary/aromatic N) is 2. The molecule has 1 aromatic heterocycles. The fraction of sp³-hybridized carbons (Fsp3) is 0.0833. The lowest BCUT2D eigenvalue weighted by Gasteiger charge is -2.05. The van der Waals surface area contributed by atoms with E-state index in [-0.39, 0.29) is 22.9 Å². The lowest BCUT2D eigenvalue weighted by molar-refractivity contribution is -0.286. The normalized spacial score (nSPS) is 14.9. The molecule has 1 aliphatic heterocycles. The first kappa shape index (κ1) is 12.3. The van der Waals surface area contributed by atoms with Gasteiger partial charge >= 0.3 is 6.29 Å². The lowest BCUT2D eigenvalue weighted by atomic mass is 10.2. The van der Waals surface area contributed by atoms with Gasteiger partial charge in [-0.3, -0.25) is 9.78 Å². The molecule has 0 bridgehead atoms. The summed E-state index contributed by atoms with van der Waals surface area (Å²) in [5.74, 6) is -0.747. The third-order valence-electron chi connectivity index (χ3n) is 2.45. The summed E-state index contributed by atoms with van der Waals surface area (Å²) in [6, 6.07) is 3.94. The summed E-state index contributed by atoms with van der Waals surface area (Å²) in [5.41, 5.74) is 0.385. The molecule has 1 aliphatic rings. The minimum Gasteiger partial charge on any atom is -0.395 e. The molecular weight excluding hydrogens is 272 g/mol. The van der Waals surface area contributed by atoms with E-state index in [0.717, 1.165) is 0 Å². The number of hydrogen-bond acceptors (Lipinski definition) is 5. The van der Waals surface area contributed by atoms with Crippen molar-refractivity contribution in [2.45, 2.75) is 6.29 Å². The Bertz CT molecular complexity index is 664. The number of amides is 1. The third-order valence-corrected chi connectivity index (χ3v) is 2.45. The van der Waals surface area contributed by atoms with Crippen molar-refractivity contribution in [2.75, 3.05) is 5.32 Å². The Balaban J connectivity index is 1.79. The molecule has 0 fully saturated rings. The van der Waals surface area contributed by atoms with Crippen LogP contribution in [0.25, 0.3) is 0 Å². The van der Waals surface area contributed by atoms with Crippen molar-refractivity contribution in [1.29, 1.82) is 0 Å². The van der Waals surface area contributed by atoms with Gasteiger partial charge in [-0.15, -0.1) is 8.78 Å². The molecule has 1 amide bonds. The first-order valence-corrected chi connectivity index (χ1v) is 5.51. The molecule has 0 spiro atoms. The predicted molar refractivity (Wildman–Crippen MR) is 62.6 cm³/mol. The van der Waals surface area contributed by atoms with Crippen LogP contribution in [0.4, 0.5) is 14.5 Å². The molecule has 3 rings (SSSR count). The van der Waals surface area contributed by atoms with E-state index in [1.165, 1.54) is 36.8 Å². The molecule has 1 N–H and O–H groups in total. The molecule has 0 saturated heterocycles. The monoisotopic (exact) mass is 279 g/mol. The number of ether oxygens (including phenoxy) is 2. The minimum atomic E-state index is -3.68. The van der Waals surface area contributed by atoms with Gasteiger partial charge in [-0.2, -0.15) is 0 Å². The molecule has 0 radical (unpaired) electrons. The maximum absolute atomic E-state index is 12.8. The van der Waals surface area contributed by atoms with Crippen molar-refractivity contribution in [3.63, 3.8) is 0 Å². The number of benzene rings is 1. The third kappa shape index (κ3) is 2.35. The molecule has 0 unspecified atom stereocenters. The second-order valence-corrected chi connectivity index (χ2v) is 3.87. The van der Waals surface area contributed by atoms with Crippen LogP contribution >= 0.6 is 0 Å². The lowest BCUT2D eigenvalue weighted by Crippen LogP contribution is -2.25. The maximum Gasteiger partial charge on any atom is 0.586 e. The molecule has 0 aliphatic carbocycles. The number of rotatable bonds is 2. The number of halogens is 2. The zero-order chi connectivity index (χ0) is 14.2. The zero-order valence-electron chi connectivity index (χ0n) is 9.84. The average Bonchev–Trinajstić information content (AvgIpc) is 2.73. The van der Waals surface area contributed by atoms with Crippen molar-refractivity contribution in [3.8, 4) is 11.5 Å². The summed E-state index contributed by atoms with van der Waals surface area (Å²) in [7, 11) is 0. The van der Waals surface area contributed by atoms with E-state index in [4.69, 9.17) is 0 Å². The van der Waals surface area contributed by atoms with Gasteiger partial charge in [0, 0.05) is 24.1 Å². The molecule has 2 heterocycles. The number of carbonyl (C=O) groups excluding carboxylic acids is 1. The largest absolute Gasteiger partial charge is 0.586 e. The smallest absolute Gasteiger partial charge is 0.395 e. The van der Waals surface area contributed by atoms with Gasteiger partial charge < -0.3 is 14.8 Å². The van der Waals surface area contributed by atoms with Crippen LogP contribution in [0.5, 0.6) is 11.5 Å². The van der Waals surface area contributed by atoms with Crippen LogP contribution in [0.2, 0.25) is 0 Å². The Kier molecular flexibility index (Phi) is 2.70. The predicted octanol–water partition coefficient (Wildman–Crippen LogP) is 2.05. The molecule has 1 aromatic carbocycles. The van der Waals surface area contributed by atoms with Gasteiger partial charge in [0.05, 0.1) is 6.20 Å². The topological polar surface area (TPSA) is 73.3 Å². The summed E-state index contributed by atoms with van der Waals surface area (Å²) in [4.78, 5) is 19.4. The van der Waals surface area contributed by atoms with Crippen LogP contribution < -0.4 is 14.8 Å². The molecule has 20 heavy (non-hydrogen) atoms. The highest BCUT2D eigenvalue weighted by Gasteiger charge is 2.43. The van der Waals surface area contributed by atoms with E-state index >= 15 is 0 Å². The van der Waals surface area contributed by atoms with Crippen LogP contribution in [-0.2, 0) is 0 Å². The van der Waals surface area contributed by atoms with Gasteiger partial charge in [-0.1, -0.05) is 0 Å². The van der Waals surface area contributed by atoms with Crippen LogP contribution in [-0.4, -0.2) is 22.2 Å². The number of alkyl halides is 2. The Hall–Kier alpha value is -2.77. The van der Waals surface area contributed by atoms with E-state index in [9.17, 15) is 13.6 Å². The molecule has 6 nitrogen and oxygen atoms in total. The van der Waals surface area contributed by atoms with Gasteiger partial charge in [0.15, 0.2) is 11.5 Å². The Morgan fingerprint density at radius 3 is 2.75 bits per heavy atom. The van der Waals surface area contributed by atoms with Crippen molar-refractivity contribution >= 4 is 11.6 Å². The van der Waals surface area contributed by atoms with Crippen LogP contribution in [0.1, 0.15) is 10.5 Å². The fourth-order valence-electron chi connectivity index (χ4n) is 1.64. The molecule has 8 heteroatoms. The van der Waals surface area contributed by atoms with E-state index in [1.54, 1.807) is 0 Å². The van der Waals surface area contributed by atoms with Crippen LogP contribution in [0.15, 0.2) is 36.8 Å². The second-order valence-electron chi connectivity index (χ2n) is 3.87. The van der Waals surface area contributed by atoms with Gasteiger partial charge in [-0.25, -0.2) is 4.98 Å².